The van der Waals surface area contributed by atoms with Gasteiger partial charge in [-0.05, 0) is 68.7 Å². The van der Waals surface area contributed by atoms with Crippen molar-refractivity contribution in [1.82, 2.24) is 4.57 Å². The molecule has 0 radical (unpaired) electrons. The Morgan fingerprint density at radius 3 is 2.54 bits per heavy atom. The molecular formula is C30H33N3O7S. The van der Waals surface area contributed by atoms with E-state index < -0.39 is 16.9 Å². The first-order chi connectivity index (χ1) is 19.6. The number of nitrogens with zero attached hydrogens (tertiary/aromatic N) is 3. The van der Waals surface area contributed by atoms with Gasteiger partial charge in [0, 0.05) is 12.1 Å². The molecular weight excluding hydrogens is 546 g/mol. The quantitative estimate of drug-likeness (QED) is 0.140. The highest BCUT2D eigenvalue weighted by atomic mass is 32.1. The molecule has 3 aromatic rings. The number of hydrogen-bond donors (Lipinski definition) is 0. The highest BCUT2D eigenvalue weighted by Gasteiger charge is 2.34. The van der Waals surface area contributed by atoms with Gasteiger partial charge in [-0.1, -0.05) is 37.2 Å². The monoisotopic (exact) mass is 579 g/mol. The third kappa shape index (κ3) is 6.57. The van der Waals surface area contributed by atoms with Crippen LogP contribution in [-0.4, -0.2) is 35.3 Å². The van der Waals surface area contributed by atoms with Crippen molar-refractivity contribution in [1.29, 1.82) is 0 Å². The summed E-state index contributed by atoms with van der Waals surface area (Å²) in [6.07, 6.45) is 4.34. The van der Waals surface area contributed by atoms with Gasteiger partial charge in [0.1, 0.15) is 0 Å². The van der Waals surface area contributed by atoms with Crippen LogP contribution in [0.1, 0.15) is 64.1 Å². The third-order valence-corrected chi connectivity index (χ3v) is 7.48. The number of benzene rings is 2. The summed E-state index contributed by atoms with van der Waals surface area (Å²) in [6, 6.07) is 10.5. The van der Waals surface area contributed by atoms with E-state index in [2.05, 4.69) is 11.9 Å². The smallest absolute Gasteiger partial charge is 0.338 e. The summed E-state index contributed by atoms with van der Waals surface area (Å²) in [7, 11) is 1.54. The van der Waals surface area contributed by atoms with Crippen LogP contribution < -0.4 is 24.4 Å². The summed E-state index contributed by atoms with van der Waals surface area (Å²) in [5.74, 6) is 0.498. The number of hydrogen-bond acceptors (Lipinski definition) is 9. The van der Waals surface area contributed by atoms with Gasteiger partial charge in [-0.15, -0.1) is 0 Å². The fourth-order valence-electron chi connectivity index (χ4n) is 4.53. The van der Waals surface area contributed by atoms with Crippen molar-refractivity contribution in [2.75, 3.05) is 13.7 Å². The normalized spacial score (nSPS) is 15.0. The molecule has 11 heteroatoms. The minimum atomic E-state index is -0.820. The Bertz CT molecular complexity index is 1650. The molecule has 2 heterocycles. The Morgan fingerprint density at radius 1 is 1.17 bits per heavy atom. The molecule has 0 amide bonds. The van der Waals surface area contributed by atoms with Crippen molar-refractivity contribution in [2.45, 2.75) is 59.1 Å². The Kier molecular flexibility index (Phi) is 9.38. The maximum Gasteiger partial charge on any atom is 0.338 e. The lowest BCUT2D eigenvalue weighted by Gasteiger charge is -2.26. The van der Waals surface area contributed by atoms with Gasteiger partial charge in [0.25, 0.3) is 11.2 Å². The van der Waals surface area contributed by atoms with Crippen LogP contribution >= 0.6 is 11.3 Å². The number of nitro benzene ring substituents is 1. The lowest BCUT2D eigenvalue weighted by molar-refractivity contribution is -0.384. The molecule has 0 fully saturated rings. The first kappa shape index (κ1) is 29.7. The van der Waals surface area contributed by atoms with Gasteiger partial charge in [0.2, 0.25) is 0 Å². The minimum Gasteiger partial charge on any atom is -0.493 e. The number of aromatic nitrogens is 1. The molecule has 0 saturated heterocycles. The van der Waals surface area contributed by atoms with E-state index in [0.717, 1.165) is 19.3 Å². The average Bonchev–Trinajstić information content (AvgIpc) is 3.24. The highest BCUT2D eigenvalue weighted by molar-refractivity contribution is 7.07. The number of ether oxygens (including phenoxy) is 3. The van der Waals surface area contributed by atoms with Gasteiger partial charge in [0.05, 0.1) is 46.6 Å². The first-order valence-electron chi connectivity index (χ1n) is 13.4. The highest BCUT2D eigenvalue weighted by Crippen LogP contribution is 2.36. The van der Waals surface area contributed by atoms with Crippen LogP contribution in [-0.2, 0) is 9.53 Å². The second-order valence-electron chi connectivity index (χ2n) is 9.85. The average molecular weight is 580 g/mol. The summed E-state index contributed by atoms with van der Waals surface area (Å²) < 4.78 is 19.0. The van der Waals surface area contributed by atoms with E-state index in [4.69, 9.17) is 14.2 Å². The number of unbranched alkanes of at least 4 members (excludes halogenated alkanes) is 2. The topological polar surface area (TPSA) is 122 Å². The lowest BCUT2D eigenvalue weighted by Crippen LogP contribution is -2.40. The van der Waals surface area contributed by atoms with Gasteiger partial charge >= 0.3 is 5.97 Å². The van der Waals surface area contributed by atoms with Crippen molar-refractivity contribution in [3.63, 3.8) is 0 Å². The molecule has 1 unspecified atom stereocenters. The number of carbonyl (C=O) groups is 1. The molecule has 0 N–H and O–H groups in total. The Morgan fingerprint density at radius 2 is 1.90 bits per heavy atom. The van der Waals surface area contributed by atoms with Gasteiger partial charge in [-0.2, -0.15) is 0 Å². The second-order valence-corrected chi connectivity index (χ2v) is 10.9. The largest absolute Gasteiger partial charge is 0.493 e. The molecule has 1 aliphatic rings. The van der Waals surface area contributed by atoms with E-state index >= 15 is 0 Å². The predicted molar refractivity (Wildman–Crippen MR) is 156 cm³/mol. The number of methoxy groups -OCH3 is 1. The van der Waals surface area contributed by atoms with Crippen LogP contribution in [0.3, 0.4) is 0 Å². The van der Waals surface area contributed by atoms with Gasteiger partial charge in [-0.25, -0.2) is 9.79 Å². The van der Waals surface area contributed by atoms with E-state index in [9.17, 15) is 19.7 Å². The van der Waals surface area contributed by atoms with Gasteiger partial charge < -0.3 is 14.2 Å². The van der Waals surface area contributed by atoms with Crippen molar-refractivity contribution in [2.24, 2.45) is 4.99 Å². The molecule has 41 heavy (non-hydrogen) atoms. The number of nitro groups is 1. The Balaban J connectivity index is 1.84. The molecule has 0 aliphatic carbocycles. The molecule has 1 aromatic heterocycles. The van der Waals surface area contributed by atoms with Gasteiger partial charge in [-0.3, -0.25) is 19.5 Å². The van der Waals surface area contributed by atoms with Crippen molar-refractivity contribution in [3.8, 4) is 11.5 Å². The second kappa shape index (κ2) is 12.9. The summed E-state index contributed by atoms with van der Waals surface area (Å²) in [6.45, 7) is 7.91. The van der Waals surface area contributed by atoms with E-state index in [1.807, 2.05) is 6.07 Å². The SMILES string of the molecule is CCCCCOc1ccc(C2C(C(=O)OC(C)C)=C(C)N=c3s/c(=C\c4ccc([N+](=O)[O-])cc4)c(=O)n32)cc1OC. The van der Waals surface area contributed by atoms with Crippen molar-refractivity contribution >= 4 is 29.1 Å². The predicted octanol–water partition coefficient (Wildman–Crippen LogP) is 4.67. The maximum atomic E-state index is 13.8. The van der Waals surface area contributed by atoms with E-state index in [0.29, 0.717) is 44.3 Å². The summed E-state index contributed by atoms with van der Waals surface area (Å²) in [5.41, 5.74) is 1.57. The zero-order valence-corrected chi connectivity index (χ0v) is 24.5. The lowest BCUT2D eigenvalue weighted by atomic mass is 9.95. The van der Waals surface area contributed by atoms with Crippen LogP contribution in [0.5, 0.6) is 11.5 Å². The number of rotatable bonds is 11. The summed E-state index contributed by atoms with van der Waals surface area (Å²) in [5, 5.41) is 11.0. The van der Waals surface area contributed by atoms with Crippen LogP contribution in [0.4, 0.5) is 5.69 Å². The summed E-state index contributed by atoms with van der Waals surface area (Å²) in [4.78, 5) is 42.8. The molecule has 1 atom stereocenters. The van der Waals surface area contributed by atoms with Gasteiger partial charge in [0.15, 0.2) is 16.3 Å². The Hall–Kier alpha value is -4.25. The zero-order valence-electron chi connectivity index (χ0n) is 23.7. The molecule has 1 aliphatic heterocycles. The standard InChI is InChI=1S/C30H33N3O7S/c1-6-7-8-15-39-23-14-11-21(17-24(23)38-5)27-26(29(35)40-18(2)3)19(4)31-30-32(27)28(34)25(41-30)16-20-9-12-22(13-10-20)33(36)37/h9-14,16-18,27H,6-8,15H2,1-5H3/b25-16-. The molecule has 10 nitrogen and oxygen atoms in total. The molecule has 4 rings (SSSR count). The van der Waals surface area contributed by atoms with Crippen LogP contribution in [0.2, 0.25) is 0 Å². The molecule has 0 spiro atoms. The minimum absolute atomic E-state index is 0.0423. The molecule has 0 bridgehead atoms. The fourth-order valence-corrected chi connectivity index (χ4v) is 5.57. The zero-order chi connectivity index (χ0) is 29.7. The number of allylic oxidation sites excluding steroid dienone is 1. The van der Waals surface area contributed by atoms with Crippen molar-refractivity contribution in [3.05, 3.63) is 94.7 Å². The van der Waals surface area contributed by atoms with Crippen molar-refractivity contribution < 1.29 is 23.9 Å². The van der Waals surface area contributed by atoms with Crippen LogP contribution in [0, 0.1) is 10.1 Å². The van der Waals surface area contributed by atoms with Crippen LogP contribution in [0.25, 0.3) is 6.08 Å². The number of carbonyl (C=O) groups excluding carboxylic acids is 1. The Labute approximate surface area is 241 Å². The van der Waals surface area contributed by atoms with E-state index in [1.54, 1.807) is 58.2 Å². The maximum absolute atomic E-state index is 13.8. The number of esters is 1. The molecule has 216 valence electrons. The molecule has 2 aromatic carbocycles. The first-order valence-corrected chi connectivity index (χ1v) is 14.2. The fraction of sp³-hybridized carbons (Fsp3) is 0.367. The number of non-ortho nitro benzene ring substituents is 1. The number of thiazole rings is 1. The van der Waals surface area contributed by atoms with Crippen LogP contribution in [0.15, 0.2) is 63.5 Å². The summed E-state index contributed by atoms with van der Waals surface area (Å²) >= 11 is 1.18. The third-order valence-electron chi connectivity index (χ3n) is 6.49. The van der Waals surface area contributed by atoms with E-state index in [-0.39, 0.29) is 22.9 Å². The molecule has 0 saturated carbocycles. The number of fused-ring (bicyclic) bond motifs is 1. The van der Waals surface area contributed by atoms with E-state index in [1.165, 1.54) is 28.0 Å².